The van der Waals surface area contributed by atoms with E-state index in [9.17, 15) is 4.79 Å². The highest BCUT2D eigenvalue weighted by Gasteiger charge is 2.42. The fraction of sp³-hybridized carbons (Fsp3) is 0.406. The number of esters is 1. The number of rotatable bonds is 13. The zero-order valence-corrected chi connectivity index (χ0v) is 21.8. The summed E-state index contributed by atoms with van der Waals surface area (Å²) < 4.78 is 17.0. The number of carbonyl (C=O) groups is 1. The molecule has 1 atom stereocenters. The van der Waals surface area contributed by atoms with Crippen LogP contribution in [0.2, 0.25) is 0 Å². The molecule has 3 aromatic carbocycles. The second-order valence-corrected chi connectivity index (χ2v) is 9.42. The molecule has 0 amide bonds. The lowest BCUT2D eigenvalue weighted by Gasteiger charge is -2.32. The summed E-state index contributed by atoms with van der Waals surface area (Å²) in [6, 6.07) is 25.7. The van der Waals surface area contributed by atoms with Crippen LogP contribution in [0.4, 0.5) is 0 Å². The molecule has 0 aromatic heterocycles. The van der Waals surface area contributed by atoms with Gasteiger partial charge >= 0.3 is 5.97 Å². The minimum absolute atomic E-state index is 0.0203. The molecular weight excluding hydrogens is 448 g/mol. The van der Waals surface area contributed by atoms with Crippen LogP contribution in [0.1, 0.15) is 63.1 Å². The largest absolute Gasteiger partial charge is 0.494 e. The van der Waals surface area contributed by atoms with Gasteiger partial charge in [-0.05, 0) is 66.6 Å². The van der Waals surface area contributed by atoms with Gasteiger partial charge in [-0.1, -0.05) is 80.4 Å². The van der Waals surface area contributed by atoms with E-state index >= 15 is 0 Å². The van der Waals surface area contributed by atoms with Gasteiger partial charge in [-0.25, -0.2) is 4.79 Å². The van der Waals surface area contributed by atoms with Crippen molar-refractivity contribution in [1.29, 1.82) is 0 Å². The molecule has 0 heterocycles. The second kappa shape index (κ2) is 12.2. The zero-order chi connectivity index (χ0) is 25.4. The van der Waals surface area contributed by atoms with E-state index < -0.39 is 6.10 Å². The Kier molecular flexibility index (Phi) is 8.82. The number of ether oxygens (including phenoxy) is 3. The van der Waals surface area contributed by atoms with Crippen molar-refractivity contribution in [2.45, 2.75) is 64.4 Å². The first-order chi connectivity index (χ1) is 17.6. The van der Waals surface area contributed by atoms with Gasteiger partial charge in [-0.15, -0.1) is 0 Å². The predicted octanol–water partition coefficient (Wildman–Crippen LogP) is 7.12. The van der Waals surface area contributed by atoms with Gasteiger partial charge in [0.25, 0.3) is 0 Å². The molecule has 36 heavy (non-hydrogen) atoms. The van der Waals surface area contributed by atoms with Crippen molar-refractivity contribution < 1.29 is 19.0 Å². The standard InChI is InChI=1S/C32H38O4/c1-4-7-20-32(28-14-10-8-12-26(28)27-13-9-11-15-29(27)32)21-22-36-25-18-16-24(17-19-25)23-30(34-5-2)31(33)35-6-3/h8-19,30H,4-7,20-23H2,1-3H3. The third-order valence-electron chi connectivity index (χ3n) is 7.19. The molecule has 0 bridgehead atoms. The quantitative estimate of drug-likeness (QED) is 0.241. The highest BCUT2D eigenvalue weighted by Crippen LogP contribution is 2.53. The van der Waals surface area contributed by atoms with Crippen LogP contribution in [-0.2, 0) is 26.1 Å². The van der Waals surface area contributed by atoms with E-state index in [1.54, 1.807) is 0 Å². The topological polar surface area (TPSA) is 44.8 Å². The van der Waals surface area contributed by atoms with Gasteiger partial charge in [-0.2, -0.15) is 0 Å². The molecule has 0 saturated carbocycles. The van der Waals surface area contributed by atoms with Crippen molar-refractivity contribution in [3.8, 4) is 16.9 Å². The van der Waals surface area contributed by atoms with Crippen LogP contribution in [0.5, 0.6) is 5.75 Å². The monoisotopic (exact) mass is 486 g/mol. The molecule has 1 aliphatic rings. The highest BCUT2D eigenvalue weighted by atomic mass is 16.6. The molecule has 1 unspecified atom stereocenters. The van der Waals surface area contributed by atoms with Gasteiger partial charge in [0.2, 0.25) is 0 Å². The van der Waals surface area contributed by atoms with Gasteiger partial charge in [0.1, 0.15) is 5.75 Å². The van der Waals surface area contributed by atoms with Crippen molar-refractivity contribution in [1.82, 2.24) is 0 Å². The van der Waals surface area contributed by atoms with Crippen molar-refractivity contribution >= 4 is 5.97 Å². The summed E-state index contributed by atoms with van der Waals surface area (Å²) >= 11 is 0. The Labute approximate surface area is 215 Å². The molecule has 3 aromatic rings. The Morgan fingerprint density at radius 3 is 2.03 bits per heavy atom. The molecule has 0 radical (unpaired) electrons. The molecule has 0 aliphatic heterocycles. The van der Waals surface area contributed by atoms with Crippen LogP contribution in [0.3, 0.4) is 0 Å². The maximum atomic E-state index is 12.2. The average molecular weight is 487 g/mol. The molecule has 0 saturated heterocycles. The van der Waals surface area contributed by atoms with Crippen LogP contribution in [0.25, 0.3) is 11.1 Å². The Morgan fingerprint density at radius 1 is 0.806 bits per heavy atom. The summed E-state index contributed by atoms with van der Waals surface area (Å²) in [5.74, 6) is 0.530. The van der Waals surface area contributed by atoms with Crippen LogP contribution in [0, 0.1) is 0 Å². The molecule has 0 N–H and O–H groups in total. The fourth-order valence-corrected chi connectivity index (χ4v) is 5.48. The Bertz CT molecular complexity index is 1090. The van der Waals surface area contributed by atoms with Crippen LogP contribution < -0.4 is 4.74 Å². The van der Waals surface area contributed by atoms with E-state index in [4.69, 9.17) is 14.2 Å². The van der Waals surface area contributed by atoms with Gasteiger partial charge in [-0.3, -0.25) is 0 Å². The highest BCUT2D eigenvalue weighted by molar-refractivity contribution is 5.81. The first kappa shape index (κ1) is 26.0. The number of benzene rings is 3. The van der Waals surface area contributed by atoms with Gasteiger partial charge < -0.3 is 14.2 Å². The van der Waals surface area contributed by atoms with Crippen LogP contribution in [-0.4, -0.2) is 31.9 Å². The third kappa shape index (κ3) is 5.49. The first-order valence-electron chi connectivity index (χ1n) is 13.3. The van der Waals surface area contributed by atoms with Crippen molar-refractivity contribution in [2.24, 2.45) is 0 Å². The third-order valence-corrected chi connectivity index (χ3v) is 7.19. The first-order valence-corrected chi connectivity index (χ1v) is 13.3. The van der Waals surface area contributed by atoms with E-state index in [0.717, 1.165) is 24.2 Å². The average Bonchev–Trinajstić information content (AvgIpc) is 3.18. The molecule has 4 nitrogen and oxygen atoms in total. The normalized spacial score (nSPS) is 14.1. The Hall–Kier alpha value is -3.11. The van der Waals surface area contributed by atoms with Crippen molar-refractivity contribution in [2.75, 3.05) is 19.8 Å². The fourth-order valence-electron chi connectivity index (χ4n) is 5.48. The van der Waals surface area contributed by atoms with E-state index in [2.05, 4.69) is 55.5 Å². The molecule has 1 aliphatic carbocycles. The summed E-state index contributed by atoms with van der Waals surface area (Å²) in [7, 11) is 0. The van der Waals surface area contributed by atoms with Crippen LogP contribution >= 0.6 is 0 Å². The summed E-state index contributed by atoms with van der Waals surface area (Å²) in [5.41, 5.74) is 6.58. The zero-order valence-electron chi connectivity index (χ0n) is 21.8. The maximum absolute atomic E-state index is 12.2. The SMILES string of the molecule is CCCCC1(CCOc2ccc(CC(OCC)C(=O)OCC)cc2)c2ccccc2-c2ccccc21. The number of unbranched alkanes of at least 4 members (excludes halogenated alkanes) is 1. The summed E-state index contributed by atoms with van der Waals surface area (Å²) in [5, 5.41) is 0. The molecule has 0 fully saturated rings. The minimum Gasteiger partial charge on any atom is -0.494 e. The summed E-state index contributed by atoms with van der Waals surface area (Å²) in [6.45, 7) is 7.41. The molecule has 4 rings (SSSR count). The lowest BCUT2D eigenvalue weighted by Crippen LogP contribution is -2.29. The van der Waals surface area contributed by atoms with E-state index in [-0.39, 0.29) is 11.4 Å². The lowest BCUT2D eigenvalue weighted by atomic mass is 9.72. The Balaban J connectivity index is 1.46. The lowest BCUT2D eigenvalue weighted by molar-refractivity contribution is -0.156. The second-order valence-electron chi connectivity index (χ2n) is 9.42. The Morgan fingerprint density at radius 2 is 1.44 bits per heavy atom. The summed E-state index contributed by atoms with van der Waals surface area (Å²) in [4.78, 5) is 12.2. The van der Waals surface area contributed by atoms with Gasteiger partial charge in [0, 0.05) is 18.4 Å². The predicted molar refractivity (Wildman–Crippen MR) is 144 cm³/mol. The van der Waals surface area contributed by atoms with E-state index in [0.29, 0.717) is 26.2 Å². The number of hydrogen-bond acceptors (Lipinski definition) is 4. The maximum Gasteiger partial charge on any atom is 0.335 e. The number of fused-ring (bicyclic) bond motifs is 3. The summed E-state index contributed by atoms with van der Waals surface area (Å²) in [6.07, 6.45) is 4.30. The smallest absolute Gasteiger partial charge is 0.335 e. The molecule has 190 valence electrons. The van der Waals surface area contributed by atoms with E-state index in [1.807, 2.05) is 38.1 Å². The molecule has 0 spiro atoms. The van der Waals surface area contributed by atoms with Crippen LogP contribution in [0.15, 0.2) is 72.8 Å². The van der Waals surface area contributed by atoms with Gasteiger partial charge in [0.15, 0.2) is 6.10 Å². The van der Waals surface area contributed by atoms with Crippen molar-refractivity contribution in [3.05, 3.63) is 89.5 Å². The number of hydrogen-bond donors (Lipinski definition) is 0. The van der Waals surface area contributed by atoms with E-state index in [1.165, 1.54) is 35.1 Å². The van der Waals surface area contributed by atoms with Crippen molar-refractivity contribution in [3.63, 3.8) is 0 Å². The molecule has 4 heteroatoms. The van der Waals surface area contributed by atoms with Gasteiger partial charge in [0.05, 0.1) is 13.2 Å². The number of carbonyl (C=O) groups excluding carboxylic acids is 1. The molecular formula is C32H38O4. The minimum atomic E-state index is -0.581.